The Morgan fingerprint density at radius 2 is 0.803 bits per heavy atom. The zero-order valence-electron chi connectivity index (χ0n) is 50.2. The van der Waals surface area contributed by atoms with E-state index < -0.39 is 26.6 Å². The van der Waals surface area contributed by atoms with Gasteiger partial charge in [0, 0.05) is 12.8 Å². The van der Waals surface area contributed by atoms with Gasteiger partial charge >= 0.3 is 5.97 Å². The standard InChI is InChI=1S/C66H119N2O7P/c1-7-10-13-16-19-22-25-28-30-32-33-34-35-37-38-40-43-46-49-52-55-58-65(69)67-63(62-74-76(71,72)73-61-60-68(4,5)6)64(57-54-51-48-45-42-27-24-21-18-15-12-9-3)75-66(70)59-56-53-50-47-44-41-39-36-31-29-26-23-20-17-14-11-8-2/h19-20,22-23,28-31,33-34,37-38,54,57,63-64H,7-18,21,24-27,32,35-36,39-53,55-56,58-62H2,1-6H3,(H-,67,69,71,72)/b22-19-,23-20-,30-28-,31-29-,34-33-,38-37-,57-54-. The van der Waals surface area contributed by atoms with Gasteiger partial charge < -0.3 is 28.5 Å². The fourth-order valence-electron chi connectivity index (χ4n) is 8.65. The quantitative estimate of drug-likeness (QED) is 0.0212. The number of carbonyl (C=O) groups excluding carboxylic acids is 2. The highest BCUT2D eigenvalue weighted by Crippen LogP contribution is 2.38. The number of hydrogen-bond donors (Lipinski definition) is 1. The summed E-state index contributed by atoms with van der Waals surface area (Å²) in [6.45, 7) is 6.77. The number of phosphoric ester groups is 1. The molecule has 0 aromatic carbocycles. The molecule has 0 aliphatic heterocycles. The number of amides is 1. The predicted octanol–water partition coefficient (Wildman–Crippen LogP) is 18.8. The molecule has 10 heteroatoms. The molecule has 0 aromatic rings. The van der Waals surface area contributed by atoms with E-state index in [1.165, 1.54) is 122 Å². The maximum absolute atomic E-state index is 13.5. The molecule has 1 N–H and O–H groups in total. The minimum Gasteiger partial charge on any atom is -0.756 e. The third kappa shape index (κ3) is 55.9. The number of allylic oxidation sites excluding steroid dienone is 13. The summed E-state index contributed by atoms with van der Waals surface area (Å²) in [6, 6.07) is -0.906. The van der Waals surface area contributed by atoms with Crippen LogP contribution in [0.2, 0.25) is 0 Å². The van der Waals surface area contributed by atoms with Crippen LogP contribution in [0.3, 0.4) is 0 Å². The second kappa shape index (κ2) is 55.5. The SMILES string of the molecule is CCCCC/C=C\C/C=C\C/C=C\C/C=C\CCCCCCCC(=O)NC(COP(=O)([O-])OCC[N+](C)(C)C)C(/C=C\CCCCCCCCCCCC)OC(=O)CCCCCCCCC/C=C\C/C=C\CCCCC. The number of hydrogen-bond acceptors (Lipinski definition) is 7. The molecule has 3 unspecified atom stereocenters. The summed E-state index contributed by atoms with van der Waals surface area (Å²) >= 11 is 0. The Kier molecular flexibility index (Phi) is 53.5. The summed E-state index contributed by atoms with van der Waals surface area (Å²) in [5.41, 5.74) is 0. The van der Waals surface area contributed by atoms with Crippen molar-refractivity contribution in [2.45, 2.75) is 283 Å². The Hall–Kier alpha value is -2.81. The van der Waals surface area contributed by atoms with Crippen molar-refractivity contribution in [2.75, 3.05) is 40.9 Å². The number of ether oxygens (including phenoxy) is 1. The van der Waals surface area contributed by atoms with Crippen LogP contribution >= 0.6 is 7.82 Å². The highest BCUT2D eigenvalue weighted by Gasteiger charge is 2.27. The van der Waals surface area contributed by atoms with E-state index in [9.17, 15) is 19.0 Å². The van der Waals surface area contributed by atoms with Crippen molar-refractivity contribution in [3.63, 3.8) is 0 Å². The topological polar surface area (TPSA) is 114 Å². The molecule has 0 aliphatic rings. The van der Waals surface area contributed by atoms with Crippen LogP contribution in [0.4, 0.5) is 0 Å². The second-order valence-corrected chi connectivity index (χ2v) is 23.6. The average molecular weight is 1080 g/mol. The van der Waals surface area contributed by atoms with E-state index in [2.05, 4.69) is 99.0 Å². The number of carbonyl (C=O) groups is 2. The van der Waals surface area contributed by atoms with E-state index in [0.717, 1.165) is 109 Å². The van der Waals surface area contributed by atoms with Gasteiger partial charge in [-0.15, -0.1) is 0 Å². The monoisotopic (exact) mass is 1080 g/mol. The Bertz CT molecular complexity index is 1580. The van der Waals surface area contributed by atoms with Crippen molar-refractivity contribution in [2.24, 2.45) is 0 Å². The molecule has 3 atom stereocenters. The molecule has 76 heavy (non-hydrogen) atoms. The minimum absolute atomic E-state index is 0.0310. The van der Waals surface area contributed by atoms with Crippen LogP contribution in [-0.2, 0) is 27.9 Å². The molecule has 1 amide bonds. The first-order valence-corrected chi connectivity index (χ1v) is 32.9. The first-order valence-electron chi connectivity index (χ1n) is 31.4. The zero-order valence-corrected chi connectivity index (χ0v) is 51.1. The lowest BCUT2D eigenvalue weighted by Crippen LogP contribution is -2.47. The maximum atomic E-state index is 13.5. The summed E-state index contributed by atoms with van der Waals surface area (Å²) in [6.07, 6.45) is 72.5. The van der Waals surface area contributed by atoms with Crippen molar-refractivity contribution in [3.8, 4) is 0 Å². The molecule has 0 saturated carbocycles. The van der Waals surface area contributed by atoms with Gasteiger partial charge in [-0.2, -0.15) is 0 Å². The maximum Gasteiger partial charge on any atom is 0.306 e. The minimum atomic E-state index is -4.71. The molecule has 440 valence electrons. The smallest absolute Gasteiger partial charge is 0.306 e. The molecule has 0 saturated heterocycles. The van der Waals surface area contributed by atoms with E-state index in [1.54, 1.807) is 0 Å². The van der Waals surface area contributed by atoms with Crippen molar-refractivity contribution in [3.05, 3.63) is 85.1 Å². The molecule has 9 nitrogen and oxygen atoms in total. The summed E-state index contributed by atoms with van der Waals surface area (Å²) in [4.78, 5) is 40.0. The number of quaternary nitrogens is 1. The molecule has 0 radical (unpaired) electrons. The molecule has 0 rings (SSSR count). The average Bonchev–Trinajstić information content (AvgIpc) is 3.38. The van der Waals surface area contributed by atoms with E-state index in [0.29, 0.717) is 23.9 Å². The van der Waals surface area contributed by atoms with Gasteiger partial charge in [0.2, 0.25) is 5.91 Å². The van der Waals surface area contributed by atoms with Crippen molar-refractivity contribution < 1.29 is 37.3 Å². The lowest BCUT2D eigenvalue weighted by atomic mass is 10.0. The van der Waals surface area contributed by atoms with Gasteiger partial charge in [-0.1, -0.05) is 235 Å². The lowest BCUT2D eigenvalue weighted by molar-refractivity contribution is -0.870. The zero-order chi connectivity index (χ0) is 55.7. The molecule has 0 aromatic heterocycles. The second-order valence-electron chi connectivity index (χ2n) is 22.2. The number of rotatable bonds is 56. The first-order chi connectivity index (χ1) is 36.9. The Labute approximate surface area is 469 Å². The lowest BCUT2D eigenvalue weighted by Gasteiger charge is -2.30. The Morgan fingerprint density at radius 3 is 1.22 bits per heavy atom. The van der Waals surface area contributed by atoms with Crippen LogP contribution in [0.25, 0.3) is 0 Å². The van der Waals surface area contributed by atoms with Crippen LogP contribution in [-0.4, -0.2) is 69.4 Å². The van der Waals surface area contributed by atoms with Crippen LogP contribution in [0.15, 0.2) is 85.1 Å². The molecular formula is C66H119N2O7P. The van der Waals surface area contributed by atoms with Crippen LogP contribution in [0.1, 0.15) is 271 Å². The van der Waals surface area contributed by atoms with Gasteiger partial charge in [-0.25, -0.2) is 0 Å². The summed E-state index contributed by atoms with van der Waals surface area (Å²) in [7, 11) is 1.16. The number of nitrogens with zero attached hydrogens (tertiary/aromatic N) is 1. The number of unbranched alkanes of at least 4 members (excludes halogenated alkanes) is 28. The predicted molar refractivity (Wildman–Crippen MR) is 325 cm³/mol. The van der Waals surface area contributed by atoms with Gasteiger partial charge in [0.15, 0.2) is 0 Å². The third-order valence-corrected chi connectivity index (χ3v) is 14.5. The first kappa shape index (κ1) is 73.2. The summed E-state index contributed by atoms with van der Waals surface area (Å²) < 4.78 is 30.3. The molecular weight excluding hydrogens is 964 g/mol. The largest absolute Gasteiger partial charge is 0.756 e. The fourth-order valence-corrected chi connectivity index (χ4v) is 9.38. The van der Waals surface area contributed by atoms with Crippen molar-refractivity contribution in [1.82, 2.24) is 5.32 Å². The van der Waals surface area contributed by atoms with Gasteiger partial charge in [0.1, 0.15) is 19.3 Å². The number of esters is 1. The molecule has 0 heterocycles. The van der Waals surface area contributed by atoms with Gasteiger partial charge in [0.05, 0.1) is 33.8 Å². The Morgan fingerprint density at radius 1 is 0.461 bits per heavy atom. The van der Waals surface area contributed by atoms with E-state index >= 15 is 0 Å². The molecule has 0 bridgehead atoms. The number of likely N-dealkylation sites (N-methyl/N-ethyl adjacent to an activating group) is 1. The molecule has 0 aliphatic carbocycles. The molecule has 0 fully saturated rings. The normalized spacial score (nSPS) is 14.2. The Balaban J connectivity index is 5.30. The van der Waals surface area contributed by atoms with Crippen LogP contribution in [0.5, 0.6) is 0 Å². The summed E-state index contributed by atoms with van der Waals surface area (Å²) in [5, 5.41) is 3.02. The number of phosphoric acid groups is 1. The molecule has 0 spiro atoms. The highest BCUT2D eigenvalue weighted by molar-refractivity contribution is 7.45. The van der Waals surface area contributed by atoms with Crippen LogP contribution in [0, 0.1) is 0 Å². The third-order valence-electron chi connectivity index (χ3n) is 13.5. The summed E-state index contributed by atoms with van der Waals surface area (Å²) in [5.74, 6) is -0.571. The van der Waals surface area contributed by atoms with Gasteiger partial charge in [-0.3, -0.25) is 14.2 Å². The van der Waals surface area contributed by atoms with Gasteiger partial charge in [-0.05, 0) is 109 Å². The number of nitrogens with one attached hydrogen (secondary N) is 1. The van der Waals surface area contributed by atoms with E-state index in [1.807, 2.05) is 33.3 Å². The highest BCUT2D eigenvalue weighted by atomic mass is 31.2. The fraction of sp³-hybridized carbons (Fsp3) is 0.758. The van der Waals surface area contributed by atoms with E-state index in [4.69, 9.17) is 13.8 Å². The van der Waals surface area contributed by atoms with E-state index in [-0.39, 0.29) is 24.9 Å². The van der Waals surface area contributed by atoms with Crippen molar-refractivity contribution in [1.29, 1.82) is 0 Å². The van der Waals surface area contributed by atoms with Gasteiger partial charge in [0.25, 0.3) is 7.82 Å². The van der Waals surface area contributed by atoms with Crippen molar-refractivity contribution >= 4 is 19.7 Å². The van der Waals surface area contributed by atoms with Crippen LogP contribution < -0.4 is 10.2 Å².